The van der Waals surface area contributed by atoms with Gasteiger partial charge in [0.2, 0.25) is 0 Å². The summed E-state index contributed by atoms with van der Waals surface area (Å²) in [7, 11) is 1.26. The Bertz CT molecular complexity index is 474. The van der Waals surface area contributed by atoms with Gasteiger partial charge in [0.1, 0.15) is 0 Å². The topological polar surface area (TPSA) is 52.6 Å². The number of methoxy groups -OCH3 is 1. The van der Waals surface area contributed by atoms with Crippen molar-refractivity contribution in [3.63, 3.8) is 0 Å². The Kier molecular flexibility index (Phi) is 6.12. The van der Waals surface area contributed by atoms with E-state index < -0.39 is 17.9 Å². The molecule has 0 radical (unpaired) electrons. The first-order chi connectivity index (χ1) is 8.99. The number of benzene rings is 1. The zero-order valence-corrected chi connectivity index (χ0v) is 12.1. The molecule has 0 amide bonds. The molecular formula is C13H14Cl2O4. The van der Waals surface area contributed by atoms with Gasteiger partial charge in [-0.3, -0.25) is 9.59 Å². The van der Waals surface area contributed by atoms with Gasteiger partial charge in [-0.1, -0.05) is 29.3 Å². The third kappa shape index (κ3) is 4.40. The third-order valence-electron chi connectivity index (χ3n) is 2.52. The first kappa shape index (κ1) is 15.8. The van der Waals surface area contributed by atoms with E-state index >= 15 is 0 Å². The molecular weight excluding hydrogens is 291 g/mol. The van der Waals surface area contributed by atoms with Crippen LogP contribution < -0.4 is 0 Å². The van der Waals surface area contributed by atoms with E-state index in [9.17, 15) is 9.59 Å². The van der Waals surface area contributed by atoms with Crippen molar-refractivity contribution < 1.29 is 19.1 Å². The maximum absolute atomic E-state index is 11.9. The molecule has 4 nitrogen and oxygen atoms in total. The normalized spacial score (nSPS) is 11.8. The Balaban J connectivity index is 3.03. The lowest BCUT2D eigenvalue weighted by Crippen LogP contribution is -2.20. The second-order valence-corrected chi connectivity index (χ2v) is 4.57. The van der Waals surface area contributed by atoms with Gasteiger partial charge in [-0.15, -0.1) is 0 Å². The molecule has 0 spiro atoms. The highest BCUT2D eigenvalue weighted by Crippen LogP contribution is 2.29. The van der Waals surface area contributed by atoms with Crippen LogP contribution in [0.3, 0.4) is 0 Å². The van der Waals surface area contributed by atoms with Crippen molar-refractivity contribution in [2.45, 2.75) is 19.3 Å². The molecule has 6 heteroatoms. The Morgan fingerprint density at radius 2 is 1.95 bits per heavy atom. The summed E-state index contributed by atoms with van der Waals surface area (Å²) >= 11 is 11.7. The van der Waals surface area contributed by atoms with E-state index in [2.05, 4.69) is 4.74 Å². The van der Waals surface area contributed by atoms with Gasteiger partial charge in [-0.2, -0.15) is 0 Å². The van der Waals surface area contributed by atoms with Crippen molar-refractivity contribution in [2.24, 2.45) is 0 Å². The third-order valence-corrected chi connectivity index (χ3v) is 3.25. The number of halogens is 2. The summed E-state index contributed by atoms with van der Waals surface area (Å²) in [6, 6.07) is 4.76. The largest absolute Gasteiger partial charge is 0.469 e. The predicted octanol–water partition coefficient (Wildman–Crippen LogP) is 3.20. The first-order valence-electron chi connectivity index (χ1n) is 5.68. The lowest BCUT2D eigenvalue weighted by molar-refractivity contribution is -0.150. The zero-order valence-electron chi connectivity index (χ0n) is 10.6. The van der Waals surface area contributed by atoms with Crippen LogP contribution in [0.1, 0.15) is 24.8 Å². The number of carbonyl (C=O) groups is 2. The Morgan fingerprint density at radius 3 is 2.47 bits per heavy atom. The van der Waals surface area contributed by atoms with Crippen LogP contribution in [-0.2, 0) is 19.1 Å². The summed E-state index contributed by atoms with van der Waals surface area (Å²) in [5, 5.41) is 0.699. The van der Waals surface area contributed by atoms with E-state index in [1.54, 1.807) is 25.1 Å². The molecule has 1 unspecified atom stereocenters. The summed E-state index contributed by atoms with van der Waals surface area (Å²) in [4.78, 5) is 23.3. The second kappa shape index (κ2) is 7.36. The molecule has 0 bridgehead atoms. The fraction of sp³-hybridized carbons (Fsp3) is 0.385. The van der Waals surface area contributed by atoms with Crippen molar-refractivity contribution in [3.05, 3.63) is 33.8 Å². The molecule has 1 aromatic rings. The van der Waals surface area contributed by atoms with Gasteiger partial charge in [0.25, 0.3) is 0 Å². The van der Waals surface area contributed by atoms with Gasteiger partial charge in [0.05, 0.1) is 36.1 Å². The highest BCUT2D eigenvalue weighted by molar-refractivity contribution is 6.42. The summed E-state index contributed by atoms with van der Waals surface area (Å²) < 4.78 is 9.53. The van der Waals surface area contributed by atoms with Crippen molar-refractivity contribution in [1.29, 1.82) is 0 Å². The van der Waals surface area contributed by atoms with Gasteiger partial charge in [-0.05, 0) is 24.6 Å². The minimum absolute atomic E-state index is 0.104. The van der Waals surface area contributed by atoms with Crippen molar-refractivity contribution in [2.75, 3.05) is 13.7 Å². The van der Waals surface area contributed by atoms with Crippen LogP contribution >= 0.6 is 23.2 Å². The van der Waals surface area contributed by atoms with E-state index in [-0.39, 0.29) is 13.0 Å². The molecule has 0 aliphatic rings. The van der Waals surface area contributed by atoms with Crippen LogP contribution in [0.15, 0.2) is 18.2 Å². The number of rotatable bonds is 5. The molecule has 0 aliphatic heterocycles. The number of hydrogen-bond acceptors (Lipinski definition) is 4. The molecule has 0 aliphatic carbocycles. The Morgan fingerprint density at radius 1 is 1.26 bits per heavy atom. The Hall–Kier alpha value is -1.26. The summed E-state index contributed by atoms with van der Waals surface area (Å²) in [6.45, 7) is 1.93. The molecule has 0 N–H and O–H groups in total. The minimum atomic E-state index is -0.748. The monoisotopic (exact) mass is 304 g/mol. The predicted molar refractivity (Wildman–Crippen MR) is 72.5 cm³/mol. The van der Waals surface area contributed by atoms with Crippen LogP contribution in [0, 0.1) is 0 Å². The van der Waals surface area contributed by atoms with Gasteiger partial charge < -0.3 is 9.47 Å². The fourth-order valence-corrected chi connectivity index (χ4v) is 1.87. The quantitative estimate of drug-likeness (QED) is 0.784. The number of ether oxygens (including phenoxy) is 2. The Labute approximate surface area is 121 Å². The van der Waals surface area contributed by atoms with E-state index in [0.717, 1.165) is 0 Å². The maximum atomic E-state index is 11.9. The molecule has 104 valence electrons. The number of esters is 2. The average molecular weight is 305 g/mol. The molecule has 0 saturated heterocycles. The first-order valence-corrected chi connectivity index (χ1v) is 6.43. The molecule has 19 heavy (non-hydrogen) atoms. The molecule has 0 saturated carbocycles. The van der Waals surface area contributed by atoms with Gasteiger partial charge in [-0.25, -0.2) is 0 Å². The van der Waals surface area contributed by atoms with Crippen molar-refractivity contribution >= 4 is 35.1 Å². The molecule has 1 atom stereocenters. The van der Waals surface area contributed by atoms with E-state index in [1.807, 2.05) is 0 Å². The number of carbonyl (C=O) groups excluding carboxylic acids is 2. The molecule has 1 rings (SSSR count). The standard InChI is InChI=1S/C13H14Cl2O4/c1-3-19-13(17)9(7-12(16)18-2)8-4-5-10(14)11(15)6-8/h4-6,9H,3,7H2,1-2H3. The average Bonchev–Trinajstić information content (AvgIpc) is 2.39. The summed E-state index contributed by atoms with van der Waals surface area (Å²) in [5.74, 6) is -1.74. The van der Waals surface area contributed by atoms with Crippen LogP contribution in [0.2, 0.25) is 10.0 Å². The number of hydrogen-bond donors (Lipinski definition) is 0. The molecule has 1 aromatic carbocycles. The highest BCUT2D eigenvalue weighted by atomic mass is 35.5. The molecule has 0 heterocycles. The van der Waals surface area contributed by atoms with Gasteiger partial charge >= 0.3 is 11.9 Å². The summed E-state index contributed by atoms with van der Waals surface area (Å²) in [6.07, 6.45) is -0.104. The van der Waals surface area contributed by atoms with Gasteiger partial charge in [0, 0.05) is 0 Å². The van der Waals surface area contributed by atoms with Crippen LogP contribution in [-0.4, -0.2) is 25.7 Å². The van der Waals surface area contributed by atoms with Crippen LogP contribution in [0.5, 0.6) is 0 Å². The molecule has 0 aromatic heterocycles. The fourth-order valence-electron chi connectivity index (χ4n) is 1.56. The lowest BCUT2D eigenvalue weighted by atomic mass is 9.96. The zero-order chi connectivity index (χ0) is 14.4. The van der Waals surface area contributed by atoms with Crippen molar-refractivity contribution in [3.8, 4) is 0 Å². The van der Waals surface area contributed by atoms with Crippen LogP contribution in [0.25, 0.3) is 0 Å². The lowest BCUT2D eigenvalue weighted by Gasteiger charge is -2.15. The van der Waals surface area contributed by atoms with Crippen LogP contribution in [0.4, 0.5) is 0 Å². The van der Waals surface area contributed by atoms with Crippen molar-refractivity contribution in [1.82, 2.24) is 0 Å². The van der Waals surface area contributed by atoms with E-state index in [1.165, 1.54) is 7.11 Å². The highest BCUT2D eigenvalue weighted by Gasteiger charge is 2.26. The second-order valence-electron chi connectivity index (χ2n) is 3.76. The van der Waals surface area contributed by atoms with Gasteiger partial charge in [0.15, 0.2) is 0 Å². The SMILES string of the molecule is CCOC(=O)C(CC(=O)OC)c1ccc(Cl)c(Cl)c1. The smallest absolute Gasteiger partial charge is 0.313 e. The minimum Gasteiger partial charge on any atom is -0.469 e. The summed E-state index contributed by atoms with van der Waals surface area (Å²) in [5.41, 5.74) is 0.568. The maximum Gasteiger partial charge on any atom is 0.313 e. The van der Waals surface area contributed by atoms with E-state index in [4.69, 9.17) is 27.9 Å². The molecule has 0 fully saturated rings. The van der Waals surface area contributed by atoms with E-state index in [0.29, 0.717) is 15.6 Å².